The van der Waals surface area contributed by atoms with Crippen LogP contribution < -0.4 is 16.4 Å². The molecule has 20 heavy (non-hydrogen) atoms. The predicted molar refractivity (Wildman–Crippen MR) is 75.1 cm³/mol. The molecule has 0 aliphatic heterocycles. The van der Waals surface area contributed by atoms with Crippen LogP contribution in [0.5, 0.6) is 0 Å². The summed E-state index contributed by atoms with van der Waals surface area (Å²) < 4.78 is 0. The summed E-state index contributed by atoms with van der Waals surface area (Å²) in [6, 6.07) is -0.331. The van der Waals surface area contributed by atoms with Gasteiger partial charge in [-0.15, -0.1) is 0 Å². The lowest BCUT2D eigenvalue weighted by Crippen LogP contribution is -2.45. The Morgan fingerprint density at radius 2 is 2.20 bits per heavy atom. The van der Waals surface area contributed by atoms with Crippen LogP contribution in [0.4, 0.5) is 5.69 Å². The fraction of sp³-hybridized carbons (Fsp3) is 0.615. The van der Waals surface area contributed by atoms with E-state index < -0.39 is 11.9 Å². The van der Waals surface area contributed by atoms with Crippen molar-refractivity contribution in [2.24, 2.45) is 0 Å². The third-order valence-electron chi connectivity index (χ3n) is 3.26. The van der Waals surface area contributed by atoms with Crippen LogP contribution in [0.3, 0.4) is 0 Å². The number of aryl methyl sites for hydroxylation is 1. The van der Waals surface area contributed by atoms with E-state index in [1.165, 1.54) is 0 Å². The molecule has 1 saturated carbocycles. The summed E-state index contributed by atoms with van der Waals surface area (Å²) >= 11 is 0. The summed E-state index contributed by atoms with van der Waals surface area (Å²) in [6.07, 6.45) is 3.68. The Labute approximate surface area is 117 Å². The van der Waals surface area contributed by atoms with Crippen molar-refractivity contribution in [2.75, 3.05) is 5.73 Å². The van der Waals surface area contributed by atoms with Crippen LogP contribution >= 0.6 is 0 Å². The van der Waals surface area contributed by atoms with Gasteiger partial charge in [-0.25, -0.2) is 0 Å². The zero-order valence-corrected chi connectivity index (χ0v) is 11.8. The first-order valence-electron chi connectivity index (χ1n) is 6.96. The predicted octanol–water partition coefficient (Wildman–Crippen LogP) is 0.341. The number of aromatic amines is 1. The second kappa shape index (κ2) is 5.94. The minimum Gasteiger partial charge on any atom is -0.395 e. The quantitative estimate of drug-likeness (QED) is 0.601. The number of amides is 2. The molecule has 1 atom stereocenters. The highest BCUT2D eigenvalue weighted by Crippen LogP contribution is 2.19. The van der Waals surface area contributed by atoms with Gasteiger partial charge < -0.3 is 16.4 Å². The molecule has 0 spiro atoms. The van der Waals surface area contributed by atoms with Crippen LogP contribution in [-0.4, -0.2) is 34.1 Å². The third-order valence-corrected chi connectivity index (χ3v) is 3.26. The lowest BCUT2D eigenvalue weighted by atomic mass is 10.2. The van der Waals surface area contributed by atoms with E-state index >= 15 is 0 Å². The third kappa shape index (κ3) is 3.28. The zero-order chi connectivity index (χ0) is 14.7. The molecule has 1 fully saturated rings. The van der Waals surface area contributed by atoms with Crippen LogP contribution in [-0.2, 0) is 11.2 Å². The van der Waals surface area contributed by atoms with Crippen molar-refractivity contribution in [3.8, 4) is 0 Å². The Bertz CT molecular complexity index is 507. The lowest BCUT2D eigenvalue weighted by Gasteiger charge is -2.13. The monoisotopic (exact) mass is 279 g/mol. The van der Waals surface area contributed by atoms with E-state index in [2.05, 4.69) is 20.8 Å². The number of hydrogen-bond acceptors (Lipinski definition) is 4. The van der Waals surface area contributed by atoms with Crippen molar-refractivity contribution in [2.45, 2.75) is 51.6 Å². The van der Waals surface area contributed by atoms with E-state index in [1.807, 2.05) is 6.92 Å². The Hall–Kier alpha value is -2.05. The largest absolute Gasteiger partial charge is 0.395 e. The summed E-state index contributed by atoms with van der Waals surface area (Å²) in [7, 11) is 0. The maximum Gasteiger partial charge on any atom is 0.274 e. The fourth-order valence-electron chi connectivity index (χ4n) is 1.88. The topological polar surface area (TPSA) is 113 Å². The Balaban J connectivity index is 1.94. The molecule has 1 aliphatic carbocycles. The van der Waals surface area contributed by atoms with Gasteiger partial charge >= 0.3 is 0 Å². The maximum absolute atomic E-state index is 12.0. The van der Waals surface area contributed by atoms with Gasteiger partial charge in [-0.05, 0) is 26.2 Å². The van der Waals surface area contributed by atoms with Crippen molar-refractivity contribution in [3.05, 3.63) is 11.4 Å². The first kappa shape index (κ1) is 14.4. The summed E-state index contributed by atoms with van der Waals surface area (Å²) in [4.78, 5) is 23.8. The van der Waals surface area contributed by atoms with Gasteiger partial charge in [0.1, 0.15) is 6.04 Å². The van der Waals surface area contributed by atoms with Gasteiger partial charge in [0, 0.05) is 6.04 Å². The standard InChI is InChI=1S/C13H21N5O2/c1-3-4-9-10(14)11(18-17-9)13(20)15-7(2)12(19)16-8-5-6-8/h7-8H,3-6,14H2,1-2H3,(H,15,20)(H,16,19)(H,17,18). The number of nitrogens with two attached hydrogens (primary N) is 1. The Morgan fingerprint density at radius 3 is 2.80 bits per heavy atom. The number of aromatic nitrogens is 2. The molecule has 7 nitrogen and oxygen atoms in total. The molecule has 0 saturated heterocycles. The van der Waals surface area contributed by atoms with Gasteiger partial charge in [0.25, 0.3) is 5.91 Å². The van der Waals surface area contributed by atoms with Crippen molar-refractivity contribution in [3.63, 3.8) is 0 Å². The van der Waals surface area contributed by atoms with E-state index in [0.717, 1.165) is 31.4 Å². The molecule has 0 aromatic carbocycles. The van der Waals surface area contributed by atoms with Crippen molar-refractivity contribution in [1.29, 1.82) is 0 Å². The van der Waals surface area contributed by atoms with Crippen LogP contribution in [0.2, 0.25) is 0 Å². The molecule has 0 radical (unpaired) electrons. The molecule has 2 amide bonds. The molecule has 1 heterocycles. The van der Waals surface area contributed by atoms with E-state index in [9.17, 15) is 9.59 Å². The second-order valence-electron chi connectivity index (χ2n) is 5.19. The van der Waals surface area contributed by atoms with E-state index in [0.29, 0.717) is 5.69 Å². The first-order chi connectivity index (χ1) is 9.52. The normalized spacial score (nSPS) is 15.7. The molecule has 2 rings (SSSR count). The number of carbonyl (C=O) groups is 2. The van der Waals surface area contributed by atoms with Crippen LogP contribution in [0, 0.1) is 0 Å². The average Bonchev–Trinajstić information content (AvgIpc) is 3.14. The van der Waals surface area contributed by atoms with Gasteiger partial charge in [0.15, 0.2) is 5.69 Å². The summed E-state index contributed by atoms with van der Waals surface area (Å²) in [6.45, 7) is 3.66. The summed E-state index contributed by atoms with van der Waals surface area (Å²) in [5, 5.41) is 12.1. The van der Waals surface area contributed by atoms with E-state index in [-0.39, 0.29) is 17.6 Å². The van der Waals surface area contributed by atoms with Crippen LogP contribution in [0.25, 0.3) is 0 Å². The number of rotatable bonds is 6. The summed E-state index contributed by atoms with van der Waals surface area (Å²) in [5.74, 6) is -0.608. The molecule has 1 unspecified atom stereocenters. The van der Waals surface area contributed by atoms with E-state index in [4.69, 9.17) is 5.73 Å². The number of hydrogen-bond donors (Lipinski definition) is 4. The average molecular weight is 279 g/mol. The van der Waals surface area contributed by atoms with Crippen molar-refractivity contribution in [1.82, 2.24) is 20.8 Å². The van der Waals surface area contributed by atoms with Crippen LogP contribution in [0.15, 0.2) is 0 Å². The zero-order valence-electron chi connectivity index (χ0n) is 11.8. The molecule has 1 aromatic heterocycles. The highest BCUT2D eigenvalue weighted by Gasteiger charge is 2.27. The minimum atomic E-state index is -0.603. The molecular formula is C13H21N5O2. The number of H-pyrrole nitrogens is 1. The van der Waals surface area contributed by atoms with Gasteiger partial charge in [0.2, 0.25) is 5.91 Å². The van der Waals surface area contributed by atoms with Gasteiger partial charge in [-0.3, -0.25) is 14.7 Å². The van der Waals surface area contributed by atoms with Gasteiger partial charge in [-0.1, -0.05) is 13.3 Å². The molecule has 5 N–H and O–H groups in total. The summed E-state index contributed by atoms with van der Waals surface area (Å²) in [5.41, 5.74) is 7.15. The fourth-order valence-corrected chi connectivity index (χ4v) is 1.88. The Morgan fingerprint density at radius 1 is 1.50 bits per heavy atom. The Kier molecular flexibility index (Phi) is 4.26. The highest BCUT2D eigenvalue weighted by molar-refractivity contribution is 6.00. The maximum atomic E-state index is 12.0. The molecule has 1 aromatic rings. The second-order valence-corrected chi connectivity index (χ2v) is 5.19. The van der Waals surface area contributed by atoms with Crippen molar-refractivity contribution < 1.29 is 9.59 Å². The van der Waals surface area contributed by atoms with Gasteiger partial charge in [-0.2, -0.15) is 5.10 Å². The molecule has 1 aliphatic rings. The van der Waals surface area contributed by atoms with Crippen LogP contribution in [0.1, 0.15) is 49.3 Å². The minimum absolute atomic E-state index is 0.152. The van der Waals surface area contributed by atoms with Crippen molar-refractivity contribution >= 4 is 17.5 Å². The SMILES string of the molecule is CCCc1[nH]nc(C(=O)NC(C)C(=O)NC2CC2)c1N. The number of anilines is 1. The molecule has 0 bridgehead atoms. The molecular weight excluding hydrogens is 258 g/mol. The van der Waals surface area contributed by atoms with Gasteiger partial charge in [0.05, 0.1) is 11.4 Å². The lowest BCUT2D eigenvalue weighted by molar-refractivity contribution is -0.122. The highest BCUT2D eigenvalue weighted by atomic mass is 16.2. The molecule has 110 valence electrons. The number of nitrogens with one attached hydrogen (secondary N) is 3. The smallest absolute Gasteiger partial charge is 0.274 e. The number of nitrogen functional groups attached to an aromatic ring is 1. The number of carbonyl (C=O) groups excluding carboxylic acids is 2. The first-order valence-corrected chi connectivity index (χ1v) is 6.96. The van der Waals surface area contributed by atoms with E-state index in [1.54, 1.807) is 6.92 Å². The number of nitrogens with zero attached hydrogens (tertiary/aromatic N) is 1. The molecule has 7 heteroatoms.